The zero-order valence-corrected chi connectivity index (χ0v) is 18.8. The summed E-state index contributed by atoms with van der Waals surface area (Å²) in [4.78, 5) is 22.9. The van der Waals surface area contributed by atoms with Crippen LogP contribution in [0.5, 0.6) is 5.75 Å². The number of ether oxygens (including phenoxy) is 1. The molecule has 2 heterocycles. The van der Waals surface area contributed by atoms with Gasteiger partial charge in [-0.3, -0.25) is 4.79 Å². The highest BCUT2D eigenvalue weighted by Crippen LogP contribution is 2.41. The average Bonchev–Trinajstić information content (AvgIpc) is 3.04. The first-order chi connectivity index (χ1) is 14.9. The molecule has 2 N–H and O–H groups in total. The van der Waals surface area contributed by atoms with Crippen LogP contribution in [-0.2, 0) is 4.79 Å². The topological polar surface area (TPSA) is 76.1 Å². The van der Waals surface area contributed by atoms with Crippen molar-refractivity contribution in [3.8, 4) is 16.9 Å². The average molecular weight is 433 g/mol. The van der Waals surface area contributed by atoms with E-state index >= 15 is 0 Å². The highest BCUT2D eigenvalue weighted by molar-refractivity contribution is 7.19. The van der Waals surface area contributed by atoms with E-state index in [1.807, 2.05) is 50.2 Å². The van der Waals surface area contributed by atoms with Gasteiger partial charge in [0.1, 0.15) is 22.2 Å². The van der Waals surface area contributed by atoms with Crippen LogP contribution in [0.15, 0.2) is 48.5 Å². The van der Waals surface area contributed by atoms with Gasteiger partial charge in [-0.15, -0.1) is 11.3 Å². The van der Waals surface area contributed by atoms with Crippen LogP contribution in [0, 0.1) is 13.8 Å². The quantitative estimate of drug-likeness (QED) is 0.386. The molecular formula is C24H24N4O2S. The maximum atomic E-state index is 11.4. The van der Waals surface area contributed by atoms with Gasteiger partial charge in [0, 0.05) is 28.7 Å². The lowest BCUT2D eigenvalue weighted by molar-refractivity contribution is -0.114. The summed E-state index contributed by atoms with van der Waals surface area (Å²) in [6.07, 6.45) is 0. The standard InChI is InChI=1S/C24H24N4O2S/c1-5-30-20-11-9-17(10-12-20)21-14(2)31-24-22(21)23(25-15(3)26-24)28-19-8-6-7-18(13-19)27-16(4)29/h6-13H,5H2,1-4H3,(H,27,29)(H,25,26,28). The third-order valence-electron chi connectivity index (χ3n) is 4.74. The van der Waals surface area contributed by atoms with Crippen LogP contribution in [0.1, 0.15) is 24.5 Å². The highest BCUT2D eigenvalue weighted by Gasteiger charge is 2.18. The smallest absolute Gasteiger partial charge is 0.221 e. The largest absolute Gasteiger partial charge is 0.494 e. The van der Waals surface area contributed by atoms with Gasteiger partial charge < -0.3 is 15.4 Å². The van der Waals surface area contributed by atoms with Crippen molar-refractivity contribution in [3.05, 3.63) is 59.2 Å². The zero-order valence-electron chi connectivity index (χ0n) is 17.9. The Labute approximate surface area is 185 Å². The fourth-order valence-corrected chi connectivity index (χ4v) is 4.65. The molecule has 0 atom stereocenters. The Morgan fingerprint density at radius 3 is 2.52 bits per heavy atom. The molecule has 2 aromatic carbocycles. The number of rotatable bonds is 6. The van der Waals surface area contributed by atoms with Crippen LogP contribution in [0.3, 0.4) is 0 Å². The van der Waals surface area contributed by atoms with Gasteiger partial charge in [0.25, 0.3) is 0 Å². The Bertz CT molecular complexity index is 1250. The fraction of sp³-hybridized carbons (Fsp3) is 0.208. The predicted octanol–water partition coefficient (Wildman–Crippen LogP) is 6.08. The molecule has 0 aliphatic heterocycles. The highest BCUT2D eigenvalue weighted by atomic mass is 32.1. The lowest BCUT2D eigenvalue weighted by Crippen LogP contribution is -2.06. The number of anilines is 3. The molecule has 4 aromatic rings. The third kappa shape index (κ3) is 4.51. The Kier molecular flexibility index (Phi) is 5.86. The molecule has 0 aliphatic rings. The molecule has 0 bridgehead atoms. The molecule has 0 saturated carbocycles. The van der Waals surface area contributed by atoms with E-state index in [2.05, 4.69) is 34.7 Å². The monoisotopic (exact) mass is 432 g/mol. The van der Waals surface area contributed by atoms with Crippen LogP contribution < -0.4 is 15.4 Å². The van der Waals surface area contributed by atoms with Crippen molar-refractivity contribution < 1.29 is 9.53 Å². The van der Waals surface area contributed by atoms with Crippen LogP contribution in [0.2, 0.25) is 0 Å². The second kappa shape index (κ2) is 8.73. The van der Waals surface area contributed by atoms with E-state index < -0.39 is 0 Å². The first-order valence-corrected chi connectivity index (χ1v) is 10.9. The van der Waals surface area contributed by atoms with E-state index in [9.17, 15) is 4.79 Å². The second-order valence-corrected chi connectivity index (χ2v) is 8.38. The molecule has 0 spiro atoms. The molecule has 0 fully saturated rings. The molecule has 4 rings (SSSR count). The van der Waals surface area contributed by atoms with E-state index in [0.29, 0.717) is 12.4 Å². The van der Waals surface area contributed by atoms with E-state index in [1.165, 1.54) is 11.8 Å². The van der Waals surface area contributed by atoms with E-state index in [1.54, 1.807) is 11.3 Å². The van der Waals surface area contributed by atoms with Crippen molar-refractivity contribution in [1.82, 2.24) is 9.97 Å². The molecule has 0 radical (unpaired) electrons. The summed E-state index contributed by atoms with van der Waals surface area (Å²) in [6.45, 7) is 8.11. The number of benzene rings is 2. The summed E-state index contributed by atoms with van der Waals surface area (Å²) >= 11 is 1.66. The molecule has 0 unspecified atom stereocenters. The first kappa shape index (κ1) is 20.8. The van der Waals surface area contributed by atoms with Gasteiger partial charge in [0.15, 0.2) is 0 Å². The predicted molar refractivity (Wildman–Crippen MR) is 128 cm³/mol. The second-order valence-electron chi connectivity index (χ2n) is 7.18. The number of hydrogen-bond donors (Lipinski definition) is 2. The molecular weight excluding hydrogens is 408 g/mol. The number of carbonyl (C=O) groups is 1. The van der Waals surface area contributed by atoms with Gasteiger partial charge >= 0.3 is 0 Å². The summed E-state index contributed by atoms with van der Waals surface area (Å²) in [6, 6.07) is 15.7. The maximum Gasteiger partial charge on any atom is 0.221 e. The summed E-state index contributed by atoms with van der Waals surface area (Å²) in [5, 5.41) is 7.24. The third-order valence-corrected chi connectivity index (χ3v) is 5.74. The molecule has 7 heteroatoms. The number of amides is 1. The van der Waals surface area contributed by atoms with E-state index in [-0.39, 0.29) is 5.91 Å². The number of nitrogens with zero attached hydrogens (tertiary/aromatic N) is 2. The number of nitrogens with one attached hydrogen (secondary N) is 2. The number of aryl methyl sites for hydroxylation is 2. The summed E-state index contributed by atoms with van der Waals surface area (Å²) < 4.78 is 5.59. The van der Waals surface area contributed by atoms with Crippen molar-refractivity contribution in [3.63, 3.8) is 0 Å². The van der Waals surface area contributed by atoms with E-state index in [0.717, 1.165) is 44.3 Å². The minimum absolute atomic E-state index is 0.108. The molecule has 0 saturated heterocycles. The Hall–Kier alpha value is -3.45. The normalized spacial score (nSPS) is 10.8. The summed E-state index contributed by atoms with van der Waals surface area (Å²) in [5.74, 6) is 2.19. The van der Waals surface area contributed by atoms with Gasteiger partial charge in [-0.05, 0) is 56.7 Å². The molecule has 6 nitrogen and oxygen atoms in total. The summed E-state index contributed by atoms with van der Waals surface area (Å²) in [5.41, 5.74) is 3.78. The molecule has 2 aromatic heterocycles. The van der Waals surface area contributed by atoms with Crippen molar-refractivity contribution in [2.75, 3.05) is 17.2 Å². The molecule has 1 amide bonds. The van der Waals surface area contributed by atoms with Crippen LogP contribution in [-0.4, -0.2) is 22.5 Å². The molecule has 31 heavy (non-hydrogen) atoms. The van der Waals surface area contributed by atoms with Gasteiger partial charge in [0.2, 0.25) is 5.91 Å². The van der Waals surface area contributed by atoms with Crippen LogP contribution in [0.25, 0.3) is 21.3 Å². The Morgan fingerprint density at radius 2 is 1.81 bits per heavy atom. The number of carbonyl (C=O) groups excluding carboxylic acids is 1. The number of fused-ring (bicyclic) bond motifs is 1. The van der Waals surface area contributed by atoms with Gasteiger partial charge in [-0.1, -0.05) is 18.2 Å². The fourth-order valence-electron chi connectivity index (χ4n) is 3.56. The van der Waals surface area contributed by atoms with Crippen LogP contribution >= 0.6 is 11.3 Å². The molecule has 0 aliphatic carbocycles. The van der Waals surface area contributed by atoms with Gasteiger partial charge in [0.05, 0.1) is 12.0 Å². The lowest BCUT2D eigenvalue weighted by Gasteiger charge is -2.12. The van der Waals surface area contributed by atoms with Crippen molar-refractivity contribution >= 4 is 44.7 Å². The zero-order chi connectivity index (χ0) is 22.0. The molecule has 158 valence electrons. The van der Waals surface area contributed by atoms with Crippen LogP contribution in [0.4, 0.5) is 17.2 Å². The Morgan fingerprint density at radius 1 is 1.06 bits per heavy atom. The number of hydrogen-bond acceptors (Lipinski definition) is 6. The minimum Gasteiger partial charge on any atom is -0.494 e. The first-order valence-electron chi connectivity index (χ1n) is 10.1. The Balaban J connectivity index is 1.80. The van der Waals surface area contributed by atoms with Crippen molar-refractivity contribution in [2.24, 2.45) is 0 Å². The van der Waals surface area contributed by atoms with Crippen molar-refractivity contribution in [2.45, 2.75) is 27.7 Å². The summed E-state index contributed by atoms with van der Waals surface area (Å²) in [7, 11) is 0. The lowest BCUT2D eigenvalue weighted by atomic mass is 10.0. The SMILES string of the molecule is CCOc1ccc(-c2c(C)sc3nc(C)nc(Nc4cccc(NC(C)=O)c4)c23)cc1. The number of thiophene rings is 1. The van der Waals surface area contributed by atoms with Crippen molar-refractivity contribution in [1.29, 1.82) is 0 Å². The number of aromatic nitrogens is 2. The minimum atomic E-state index is -0.108. The van der Waals surface area contributed by atoms with E-state index in [4.69, 9.17) is 9.72 Å². The van der Waals surface area contributed by atoms with Gasteiger partial charge in [-0.25, -0.2) is 9.97 Å². The van der Waals surface area contributed by atoms with Gasteiger partial charge in [-0.2, -0.15) is 0 Å². The maximum absolute atomic E-state index is 11.4.